The Morgan fingerprint density at radius 3 is 2.46 bits per heavy atom. The monoisotopic (exact) mass is 382 g/mol. The summed E-state index contributed by atoms with van der Waals surface area (Å²) in [4.78, 5) is 25.2. The van der Waals surface area contributed by atoms with E-state index in [1.807, 2.05) is 13.8 Å². The number of anilines is 1. The molecule has 1 saturated carbocycles. The summed E-state index contributed by atoms with van der Waals surface area (Å²) >= 11 is 5.76. The molecule has 144 valence electrons. The third kappa shape index (κ3) is 5.97. The van der Waals surface area contributed by atoms with Crippen LogP contribution in [0.1, 0.15) is 52.9 Å². The second kappa shape index (κ2) is 9.36. The van der Waals surface area contributed by atoms with Crippen molar-refractivity contribution in [1.82, 2.24) is 5.32 Å². The minimum atomic E-state index is -0.620. The van der Waals surface area contributed by atoms with Gasteiger partial charge in [0.15, 0.2) is 0 Å². The Morgan fingerprint density at radius 2 is 1.88 bits per heavy atom. The molecule has 0 spiro atoms. The molecular weight excluding hydrogens is 355 g/mol. The molecule has 1 aliphatic rings. The van der Waals surface area contributed by atoms with Gasteiger partial charge in [0, 0.05) is 11.6 Å². The quantitative estimate of drug-likeness (QED) is 0.744. The second-order valence-electron chi connectivity index (χ2n) is 7.77. The van der Waals surface area contributed by atoms with Crippen LogP contribution in [-0.2, 0) is 9.59 Å². The molecule has 6 heteroatoms. The second-order valence-corrected chi connectivity index (χ2v) is 8.17. The number of nitrogens with one attached hydrogen (secondary N) is 2. The van der Waals surface area contributed by atoms with E-state index in [0.29, 0.717) is 18.0 Å². The van der Waals surface area contributed by atoms with E-state index in [0.717, 1.165) is 25.7 Å². The minimum absolute atomic E-state index is 0.0195. The lowest BCUT2D eigenvalue weighted by Gasteiger charge is -2.28. The Morgan fingerprint density at radius 1 is 1.23 bits per heavy atom. The summed E-state index contributed by atoms with van der Waals surface area (Å²) in [7, 11) is 0. The van der Waals surface area contributed by atoms with Gasteiger partial charge in [0.1, 0.15) is 11.9 Å². The molecule has 0 saturated heterocycles. The highest BCUT2D eigenvalue weighted by atomic mass is 35.5. The Labute approximate surface area is 159 Å². The smallest absolute Gasteiger partial charge is 0.246 e. The number of hydrogen-bond donors (Lipinski definition) is 2. The van der Waals surface area contributed by atoms with Gasteiger partial charge in [-0.3, -0.25) is 9.59 Å². The fraction of sp³-hybridized carbons (Fsp3) is 0.600. The Bertz CT molecular complexity index is 643. The summed E-state index contributed by atoms with van der Waals surface area (Å²) in [6.07, 6.45) is 4.38. The van der Waals surface area contributed by atoms with Gasteiger partial charge in [0.2, 0.25) is 11.8 Å². The number of benzene rings is 1. The van der Waals surface area contributed by atoms with Gasteiger partial charge >= 0.3 is 0 Å². The van der Waals surface area contributed by atoms with Crippen LogP contribution in [0.2, 0.25) is 5.02 Å². The highest BCUT2D eigenvalue weighted by Gasteiger charge is 2.28. The molecule has 26 heavy (non-hydrogen) atoms. The SMILES string of the molecule is CC(C)CC(NC(=O)C1CCC(C)CC1)C(=O)Nc1ccc(F)c(Cl)c1. The van der Waals surface area contributed by atoms with E-state index in [2.05, 4.69) is 17.6 Å². The number of carbonyl (C=O) groups excluding carboxylic acids is 2. The van der Waals surface area contributed by atoms with Gasteiger partial charge in [0.05, 0.1) is 5.02 Å². The van der Waals surface area contributed by atoms with Gasteiger partial charge < -0.3 is 10.6 Å². The number of amides is 2. The van der Waals surface area contributed by atoms with Crippen molar-refractivity contribution in [2.45, 2.75) is 58.9 Å². The molecule has 1 unspecified atom stereocenters. The maximum absolute atomic E-state index is 13.3. The van der Waals surface area contributed by atoms with Crippen LogP contribution in [0.3, 0.4) is 0 Å². The highest BCUT2D eigenvalue weighted by Crippen LogP contribution is 2.28. The summed E-state index contributed by atoms with van der Waals surface area (Å²) in [6, 6.07) is 3.41. The lowest BCUT2D eigenvalue weighted by molar-refractivity contribution is -0.130. The zero-order chi connectivity index (χ0) is 19.3. The number of halogens is 2. The van der Waals surface area contributed by atoms with Crippen LogP contribution < -0.4 is 10.6 Å². The summed E-state index contributed by atoms with van der Waals surface area (Å²) in [5.74, 6) is -0.00263. The molecule has 0 heterocycles. The van der Waals surface area contributed by atoms with Crippen LogP contribution in [0.4, 0.5) is 10.1 Å². The van der Waals surface area contributed by atoms with Crippen molar-refractivity contribution in [1.29, 1.82) is 0 Å². The zero-order valence-electron chi connectivity index (χ0n) is 15.6. The zero-order valence-corrected chi connectivity index (χ0v) is 16.4. The third-order valence-electron chi connectivity index (χ3n) is 4.91. The summed E-state index contributed by atoms with van der Waals surface area (Å²) in [5.41, 5.74) is 0.413. The van der Waals surface area contributed by atoms with E-state index >= 15 is 0 Å². The Kier molecular flexibility index (Phi) is 7.44. The predicted molar refractivity (Wildman–Crippen MR) is 103 cm³/mol. The first-order chi connectivity index (χ1) is 12.3. The molecule has 0 bridgehead atoms. The van der Waals surface area contributed by atoms with E-state index in [-0.39, 0.29) is 28.7 Å². The summed E-state index contributed by atoms with van der Waals surface area (Å²) in [6.45, 7) is 6.21. The molecule has 1 atom stereocenters. The van der Waals surface area contributed by atoms with Gasteiger partial charge in [-0.25, -0.2) is 4.39 Å². The lowest BCUT2D eigenvalue weighted by Crippen LogP contribution is -2.47. The maximum atomic E-state index is 13.3. The normalized spacial score (nSPS) is 21.3. The topological polar surface area (TPSA) is 58.2 Å². The fourth-order valence-corrected chi connectivity index (χ4v) is 3.50. The number of rotatable bonds is 6. The van der Waals surface area contributed by atoms with Gasteiger partial charge in [-0.1, -0.05) is 32.4 Å². The van der Waals surface area contributed by atoms with Gasteiger partial charge in [-0.05, 0) is 62.1 Å². The highest BCUT2D eigenvalue weighted by molar-refractivity contribution is 6.31. The molecule has 2 rings (SSSR count). The maximum Gasteiger partial charge on any atom is 0.246 e. The molecule has 1 aromatic rings. The van der Waals surface area contributed by atoms with E-state index in [1.165, 1.54) is 18.2 Å². The van der Waals surface area contributed by atoms with Crippen LogP contribution in [0.25, 0.3) is 0 Å². The summed E-state index contributed by atoms with van der Waals surface area (Å²) < 4.78 is 13.3. The van der Waals surface area contributed by atoms with Crippen molar-refractivity contribution in [3.8, 4) is 0 Å². The van der Waals surface area contributed by atoms with E-state index in [4.69, 9.17) is 11.6 Å². The first kappa shape index (κ1) is 20.7. The van der Waals surface area contributed by atoms with E-state index in [9.17, 15) is 14.0 Å². The van der Waals surface area contributed by atoms with E-state index in [1.54, 1.807) is 0 Å². The molecule has 1 fully saturated rings. The third-order valence-corrected chi connectivity index (χ3v) is 5.20. The minimum Gasteiger partial charge on any atom is -0.344 e. The van der Waals surface area contributed by atoms with Crippen LogP contribution >= 0.6 is 11.6 Å². The molecule has 4 nitrogen and oxygen atoms in total. The standard InChI is InChI=1S/C20H28ClFN2O2/c1-12(2)10-18(24-19(25)14-6-4-13(3)5-7-14)20(26)23-15-8-9-17(22)16(21)11-15/h8-9,11-14,18H,4-7,10H2,1-3H3,(H,23,26)(H,24,25). The van der Waals surface area contributed by atoms with E-state index < -0.39 is 11.9 Å². The Hall–Kier alpha value is -1.62. The average Bonchev–Trinajstić information content (AvgIpc) is 2.57. The van der Waals surface area contributed by atoms with Crippen molar-refractivity contribution in [3.05, 3.63) is 29.0 Å². The van der Waals surface area contributed by atoms with Crippen LogP contribution in [-0.4, -0.2) is 17.9 Å². The molecule has 1 aliphatic carbocycles. The molecular formula is C20H28ClFN2O2. The summed E-state index contributed by atoms with van der Waals surface area (Å²) in [5, 5.41) is 5.59. The van der Waals surface area contributed by atoms with Crippen LogP contribution in [0, 0.1) is 23.6 Å². The van der Waals surface area contributed by atoms with Crippen molar-refractivity contribution in [2.75, 3.05) is 5.32 Å². The van der Waals surface area contributed by atoms with Gasteiger partial charge in [-0.15, -0.1) is 0 Å². The van der Waals surface area contributed by atoms with Crippen LogP contribution in [0.5, 0.6) is 0 Å². The lowest BCUT2D eigenvalue weighted by atomic mass is 9.82. The van der Waals surface area contributed by atoms with Crippen LogP contribution in [0.15, 0.2) is 18.2 Å². The van der Waals surface area contributed by atoms with Crippen molar-refractivity contribution >= 4 is 29.1 Å². The average molecular weight is 383 g/mol. The van der Waals surface area contributed by atoms with Crippen molar-refractivity contribution < 1.29 is 14.0 Å². The molecule has 2 amide bonds. The number of carbonyl (C=O) groups is 2. The molecule has 0 radical (unpaired) electrons. The van der Waals surface area contributed by atoms with Crippen molar-refractivity contribution in [3.63, 3.8) is 0 Å². The Balaban J connectivity index is 2.01. The van der Waals surface area contributed by atoms with Gasteiger partial charge in [-0.2, -0.15) is 0 Å². The van der Waals surface area contributed by atoms with Gasteiger partial charge in [0.25, 0.3) is 0 Å². The first-order valence-corrected chi connectivity index (χ1v) is 9.70. The first-order valence-electron chi connectivity index (χ1n) is 9.32. The molecule has 1 aromatic carbocycles. The molecule has 0 aromatic heterocycles. The largest absolute Gasteiger partial charge is 0.344 e. The number of hydrogen-bond acceptors (Lipinski definition) is 2. The van der Waals surface area contributed by atoms with Crippen molar-refractivity contribution in [2.24, 2.45) is 17.8 Å². The molecule has 0 aliphatic heterocycles. The molecule has 2 N–H and O–H groups in total. The fourth-order valence-electron chi connectivity index (χ4n) is 3.32. The predicted octanol–water partition coefficient (Wildman–Crippen LogP) is 4.77.